The number of aromatic nitrogens is 3. The third-order valence-corrected chi connectivity index (χ3v) is 5.80. The predicted octanol–water partition coefficient (Wildman–Crippen LogP) is 3.30. The Morgan fingerprint density at radius 3 is 2.25 bits per heavy atom. The first-order chi connectivity index (χ1) is 15.1. The van der Waals surface area contributed by atoms with Gasteiger partial charge in [-0.2, -0.15) is 0 Å². The summed E-state index contributed by atoms with van der Waals surface area (Å²) in [5.74, 6) is -2.15. The summed E-state index contributed by atoms with van der Waals surface area (Å²) >= 11 is 7.86. The Bertz CT molecular complexity index is 1130. The summed E-state index contributed by atoms with van der Waals surface area (Å²) in [5.41, 5.74) is 1.15. The van der Waals surface area contributed by atoms with Crippen molar-refractivity contribution in [3.05, 3.63) is 63.0 Å². The molecule has 0 bridgehead atoms. The van der Waals surface area contributed by atoms with E-state index in [0.29, 0.717) is 22.7 Å². The van der Waals surface area contributed by atoms with E-state index in [2.05, 4.69) is 17.1 Å². The fourth-order valence-corrected chi connectivity index (χ4v) is 4.16. The van der Waals surface area contributed by atoms with Gasteiger partial charge in [-0.15, -0.1) is 21.5 Å². The van der Waals surface area contributed by atoms with Gasteiger partial charge in [-0.1, -0.05) is 30.7 Å². The minimum Gasteiger partial charge on any atom is -0.473 e. The van der Waals surface area contributed by atoms with Crippen molar-refractivity contribution in [1.82, 2.24) is 19.7 Å². The highest BCUT2D eigenvalue weighted by Gasteiger charge is 2.23. The molecule has 0 aliphatic carbocycles. The number of ketones is 1. The van der Waals surface area contributed by atoms with Gasteiger partial charge in [0.2, 0.25) is 0 Å². The lowest BCUT2D eigenvalue weighted by Crippen LogP contribution is -2.16. The lowest BCUT2D eigenvalue weighted by Gasteiger charge is -2.12. The van der Waals surface area contributed by atoms with Gasteiger partial charge in [-0.05, 0) is 45.6 Å². The number of rotatable bonds is 6. The Morgan fingerprint density at radius 1 is 1.09 bits per heavy atom. The van der Waals surface area contributed by atoms with E-state index in [1.54, 1.807) is 23.5 Å². The first-order valence-corrected chi connectivity index (χ1v) is 10.7. The topological polar surface area (TPSA) is 126 Å². The van der Waals surface area contributed by atoms with Gasteiger partial charge in [-0.25, -0.2) is 9.59 Å². The van der Waals surface area contributed by atoms with Crippen molar-refractivity contribution in [2.45, 2.75) is 26.8 Å². The van der Waals surface area contributed by atoms with Gasteiger partial charge in [0.15, 0.2) is 11.6 Å². The number of aryl methyl sites for hydroxylation is 2. The average molecular weight is 479 g/mol. The van der Waals surface area contributed by atoms with Gasteiger partial charge in [0, 0.05) is 10.4 Å². The van der Waals surface area contributed by atoms with Crippen molar-refractivity contribution in [3.8, 4) is 5.00 Å². The lowest BCUT2D eigenvalue weighted by molar-refractivity contribution is -0.159. The second-order valence-electron chi connectivity index (χ2n) is 6.94. The fourth-order valence-electron chi connectivity index (χ4n) is 2.78. The first-order valence-electron chi connectivity index (χ1n) is 9.50. The molecule has 0 unspecified atom stereocenters. The van der Waals surface area contributed by atoms with Crippen molar-refractivity contribution < 1.29 is 24.6 Å². The molecule has 0 aliphatic rings. The number of carboxylic acids is 2. The molecule has 0 saturated carbocycles. The smallest absolute Gasteiger partial charge is 0.414 e. The number of hydrogen-bond donors (Lipinski definition) is 2. The quantitative estimate of drug-likeness (QED) is 0.408. The first kappa shape index (κ1) is 25.2. The Labute approximate surface area is 193 Å². The van der Waals surface area contributed by atoms with E-state index < -0.39 is 11.9 Å². The largest absolute Gasteiger partial charge is 0.473 e. The van der Waals surface area contributed by atoms with E-state index in [-0.39, 0.29) is 5.78 Å². The van der Waals surface area contributed by atoms with Crippen LogP contribution >= 0.6 is 22.9 Å². The summed E-state index contributed by atoms with van der Waals surface area (Å²) in [4.78, 5) is 34.6. The minimum absolute atomic E-state index is 0.0783. The van der Waals surface area contributed by atoms with E-state index >= 15 is 0 Å². The molecule has 3 rings (SSSR count). The molecule has 11 heteroatoms. The number of carboxylic acid groups (broad SMARTS) is 2. The fraction of sp³-hybridized carbons (Fsp3) is 0.286. The number of halogens is 1. The molecule has 0 spiro atoms. The van der Waals surface area contributed by atoms with Crippen molar-refractivity contribution in [3.63, 3.8) is 0 Å². The zero-order chi connectivity index (χ0) is 24.0. The van der Waals surface area contributed by atoms with Crippen LogP contribution in [0.25, 0.3) is 5.00 Å². The van der Waals surface area contributed by atoms with Crippen LogP contribution in [0, 0.1) is 6.92 Å². The van der Waals surface area contributed by atoms with E-state index in [4.69, 9.17) is 31.4 Å². The second-order valence-corrected chi connectivity index (χ2v) is 8.46. The van der Waals surface area contributed by atoms with Crippen molar-refractivity contribution >= 4 is 40.7 Å². The number of thiophene rings is 1. The zero-order valence-corrected chi connectivity index (χ0v) is 19.6. The normalized spacial score (nSPS) is 10.6. The lowest BCUT2D eigenvalue weighted by atomic mass is 10.0. The van der Waals surface area contributed by atoms with Gasteiger partial charge in [-0.3, -0.25) is 9.36 Å². The van der Waals surface area contributed by atoms with Gasteiger partial charge < -0.3 is 15.1 Å². The summed E-state index contributed by atoms with van der Waals surface area (Å²) in [6.07, 6.45) is 0.859. The number of carbonyl (C=O) groups excluding carboxylic acids is 1. The molecule has 170 valence electrons. The molecule has 0 amide bonds. The standard InChI is InChI=1S/C19H21ClN4OS.C2H2O4/c1-5-13-10-15(18(25)14-8-6-7-9-16(14)20)19(26-13)24-12(2)21-22-17(24)11-23(3)4;3-1(4)2(5)6/h6-10H,5,11H2,1-4H3;(H,3,4)(H,5,6). The Balaban J connectivity index is 0.000000534. The summed E-state index contributed by atoms with van der Waals surface area (Å²) in [6, 6.07) is 9.11. The van der Waals surface area contributed by atoms with Crippen LogP contribution in [0.1, 0.15) is 39.4 Å². The van der Waals surface area contributed by atoms with Gasteiger partial charge in [0.1, 0.15) is 10.8 Å². The number of nitrogens with zero attached hydrogens (tertiary/aromatic N) is 4. The average Bonchev–Trinajstić information content (AvgIpc) is 3.30. The second kappa shape index (κ2) is 11.0. The molecule has 9 nitrogen and oxygen atoms in total. The van der Waals surface area contributed by atoms with Gasteiger partial charge in [0.25, 0.3) is 0 Å². The van der Waals surface area contributed by atoms with Crippen LogP contribution in [-0.4, -0.2) is 61.7 Å². The van der Waals surface area contributed by atoms with Crippen LogP contribution < -0.4 is 0 Å². The molecular formula is C21H23ClN4O5S. The van der Waals surface area contributed by atoms with E-state index in [1.165, 1.54) is 0 Å². The number of benzene rings is 1. The molecule has 0 atom stereocenters. The number of carbonyl (C=O) groups is 3. The predicted molar refractivity (Wildman–Crippen MR) is 121 cm³/mol. The molecule has 2 aromatic heterocycles. The van der Waals surface area contributed by atoms with E-state index in [0.717, 1.165) is 27.9 Å². The summed E-state index contributed by atoms with van der Waals surface area (Å²) in [6.45, 7) is 4.63. The minimum atomic E-state index is -1.82. The molecule has 0 saturated heterocycles. The summed E-state index contributed by atoms with van der Waals surface area (Å²) in [5, 5.41) is 24.6. The Morgan fingerprint density at radius 2 is 1.72 bits per heavy atom. The molecule has 32 heavy (non-hydrogen) atoms. The Hall–Kier alpha value is -3.08. The number of aliphatic carboxylic acids is 2. The van der Waals surface area contributed by atoms with Crippen molar-refractivity contribution in [2.24, 2.45) is 0 Å². The third-order valence-electron chi connectivity index (χ3n) is 4.21. The SMILES string of the molecule is CCc1cc(C(=O)c2ccccc2Cl)c(-n2c(C)nnc2CN(C)C)s1.O=C(O)C(=O)O. The highest BCUT2D eigenvalue weighted by atomic mass is 35.5. The van der Waals surface area contributed by atoms with Crippen LogP contribution in [-0.2, 0) is 22.6 Å². The molecule has 0 fully saturated rings. The van der Waals surface area contributed by atoms with Crippen LogP contribution in [0.4, 0.5) is 0 Å². The molecule has 3 aromatic rings. The number of hydrogen-bond acceptors (Lipinski definition) is 7. The molecule has 2 heterocycles. The molecular weight excluding hydrogens is 456 g/mol. The summed E-state index contributed by atoms with van der Waals surface area (Å²) < 4.78 is 1.98. The van der Waals surface area contributed by atoms with Crippen LogP contribution in [0.5, 0.6) is 0 Å². The highest BCUT2D eigenvalue weighted by Crippen LogP contribution is 2.32. The van der Waals surface area contributed by atoms with E-state index in [9.17, 15) is 4.79 Å². The van der Waals surface area contributed by atoms with Gasteiger partial charge >= 0.3 is 11.9 Å². The zero-order valence-electron chi connectivity index (χ0n) is 18.0. The van der Waals surface area contributed by atoms with Crippen molar-refractivity contribution in [1.29, 1.82) is 0 Å². The maximum Gasteiger partial charge on any atom is 0.414 e. The van der Waals surface area contributed by atoms with E-state index in [1.807, 2.05) is 48.7 Å². The summed E-state index contributed by atoms with van der Waals surface area (Å²) in [7, 11) is 3.96. The van der Waals surface area contributed by atoms with Crippen LogP contribution in [0.2, 0.25) is 5.02 Å². The monoisotopic (exact) mass is 478 g/mol. The maximum absolute atomic E-state index is 13.2. The van der Waals surface area contributed by atoms with Crippen molar-refractivity contribution in [2.75, 3.05) is 14.1 Å². The van der Waals surface area contributed by atoms with Crippen LogP contribution in [0.15, 0.2) is 30.3 Å². The van der Waals surface area contributed by atoms with Crippen LogP contribution in [0.3, 0.4) is 0 Å². The van der Waals surface area contributed by atoms with Gasteiger partial charge in [0.05, 0.1) is 17.1 Å². The Kier molecular flexibility index (Phi) is 8.64. The maximum atomic E-state index is 13.2. The molecule has 0 radical (unpaired) electrons. The molecule has 2 N–H and O–H groups in total. The highest BCUT2D eigenvalue weighted by molar-refractivity contribution is 7.15. The molecule has 1 aromatic carbocycles. The third kappa shape index (κ3) is 6.00. The molecule has 0 aliphatic heterocycles.